The van der Waals surface area contributed by atoms with Gasteiger partial charge in [-0.25, -0.2) is 0 Å². The summed E-state index contributed by atoms with van der Waals surface area (Å²) in [4.78, 5) is 14.9. The Morgan fingerprint density at radius 3 is 2.90 bits per heavy atom. The largest absolute Gasteiger partial charge is 0.332 e. The van der Waals surface area contributed by atoms with Crippen molar-refractivity contribution >= 4 is 5.69 Å². The highest BCUT2D eigenvalue weighted by Gasteiger charge is 2.28. The second kappa shape index (κ2) is 6.44. The molecule has 0 saturated carbocycles. The maximum atomic E-state index is 11.2. The third-order valence-corrected chi connectivity index (χ3v) is 3.15. The van der Waals surface area contributed by atoms with Gasteiger partial charge in [-0.2, -0.15) is 10.1 Å². The van der Waals surface area contributed by atoms with Crippen LogP contribution in [0.2, 0.25) is 0 Å². The number of aromatic nitrogens is 4. The number of nitrogens with one attached hydrogen (secondary N) is 2. The Morgan fingerprint density at radius 2 is 2.29 bits per heavy atom. The Labute approximate surface area is 121 Å². The van der Waals surface area contributed by atoms with Crippen molar-refractivity contribution in [1.82, 2.24) is 25.7 Å². The van der Waals surface area contributed by atoms with Crippen LogP contribution in [0.3, 0.4) is 0 Å². The van der Waals surface area contributed by atoms with Gasteiger partial charge in [0.05, 0.1) is 4.92 Å². The molecule has 2 aromatic heterocycles. The molecule has 2 rings (SSSR count). The van der Waals surface area contributed by atoms with Crippen molar-refractivity contribution in [2.45, 2.75) is 39.2 Å². The zero-order valence-electron chi connectivity index (χ0n) is 12.2. The van der Waals surface area contributed by atoms with Gasteiger partial charge in [0.2, 0.25) is 5.69 Å². The number of likely N-dealkylation sites (N-methyl/N-ethyl adjacent to an activating group) is 1. The Morgan fingerprint density at radius 1 is 1.52 bits per heavy atom. The highest BCUT2D eigenvalue weighted by atomic mass is 16.6. The summed E-state index contributed by atoms with van der Waals surface area (Å²) < 4.78 is 5.10. The molecule has 0 aliphatic heterocycles. The van der Waals surface area contributed by atoms with Crippen LogP contribution in [0.15, 0.2) is 4.52 Å². The van der Waals surface area contributed by atoms with Crippen LogP contribution >= 0.6 is 0 Å². The van der Waals surface area contributed by atoms with Gasteiger partial charge in [0, 0.05) is 12.5 Å². The summed E-state index contributed by atoms with van der Waals surface area (Å²) in [6, 6.07) is 0.181. The molecule has 0 radical (unpaired) electrons. The van der Waals surface area contributed by atoms with Crippen molar-refractivity contribution in [3.05, 3.63) is 21.6 Å². The SMILES string of the molecule is CCCc1[nH]nc(-c2nc(CC(C)NC)no2)c1[N+](=O)[O-]. The van der Waals surface area contributed by atoms with Crippen LogP contribution < -0.4 is 5.32 Å². The molecule has 21 heavy (non-hydrogen) atoms. The molecule has 1 atom stereocenters. The minimum atomic E-state index is -0.468. The van der Waals surface area contributed by atoms with E-state index in [9.17, 15) is 10.1 Å². The van der Waals surface area contributed by atoms with Gasteiger partial charge >= 0.3 is 5.69 Å². The second-order valence-electron chi connectivity index (χ2n) is 4.82. The maximum absolute atomic E-state index is 11.2. The summed E-state index contributed by atoms with van der Waals surface area (Å²) in [5, 5.41) is 24.8. The lowest BCUT2D eigenvalue weighted by atomic mass is 10.2. The predicted octanol–water partition coefficient (Wildman–Crippen LogP) is 1.47. The second-order valence-corrected chi connectivity index (χ2v) is 4.82. The van der Waals surface area contributed by atoms with Crippen LogP contribution in [0, 0.1) is 10.1 Å². The quantitative estimate of drug-likeness (QED) is 0.585. The minimum Gasteiger partial charge on any atom is -0.332 e. The van der Waals surface area contributed by atoms with Crippen molar-refractivity contribution < 1.29 is 9.45 Å². The molecular formula is C12H18N6O3. The highest BCUT2D eigenvalue weighted by Crippen LogP contribution is 2.30. The van der Waals surface area contributed by atoms with Gasteiger partial charge in [0.15, 0.2) is 5.82 Å². The molecule has 0 amide bonds. The minimum absolute atomic E-state index is 0.0682. The zero-order valence-corrected chi connectivity index (χ0v) is 12.2. The fourth-order valence-corrected chi connectivity index (χ4v) is 1.95. The van der Waals surface area contributed by atoms with Gasteiger partial charge in [0.25, 0.3) is 5.89 Å². The lowest BCUT2D eigenvalue weighted by Crippen LogP contribution is -2.24. The van der Waals surface area contributed by atoms with Crippen LogP contribution in [0.25, 0.3) is 11.6 Å². The Balaban J connectivity index is 2.32. The summed E-state index contributed by atoms with van der Waals surface area (Å²) in [6.07, 6.45) is 1.89. The molecule has 2 heterocycles. The third-order valence-electron chi connectivity index (χ3n) is 3.15. The number of aryl methyl sites for hydroxylation is 1. The average molecular weight is 294 g/mol. The molecule has 0 saturated heterocycles. The number of hydrogen-bond donors (Lipinski definition) is 2. The molecule has 0 aliphatic carbocycles. The number of nitrogens with zero attached hydrogens (tertiary/aromatic N) is 4. The van der Waals surface area contributed by atoms with Crippen molar-refractivity contribution in [2.24, 2.45) is 0 Å². The van der Waals surface area contributed by atoms with Gasteiger partial charge in [0.1, 0.15) is 5.69 Å². The van der Waals surface area contributed by atoms with E-state index in [1.807, 2.05) is 20.9 Å². The zero-order chi connectivity index (χ0) is 15.4. The van der Waals surface area contributed by atoms with E-state index in [1.165, 1.54) is 0 Å². The standard InChI is InChI=1S/C12H18N6O3/c1-4-5-8-11(18(19)20)10(16-15-8)12-14-9(17-21-12)6-7(2)13-3/h7,13H,4-6H2,1-3H3,(H,15,16). The molecule has 0 aliphatic rings. The van der Waals surface area contributed by atoms with Gasteiger partial charge in [-0.15, -0.1) is 0 Å². The molecule has 2 N–H and O–H groups in total. The van der Waals surface area contributed by atoms with Crippen LogP contribution in [0.1, 0.15) is 31.8 Å². The first-order chi connectivity index (χ1) is 10.1. The number of rotatable bonds is 7. The van der Waals surface area contributed by atoms with E-state index in [0.29, 0.717) is 24.4 Å². The molecule has 114 valence electrons. The normalized spacial score (nSPS) is 12.5. The van der Waals surface area contributed by atoms with Gasteiger partial charge in [-0.1, -0.05) is 18.5 Å². The maximum Gasteiger partial charge on any atom is 0.322 e. The Kier molecular flexibility index (Phi) is 4.63. The first kappa shape index (κ1) is 15.1. The monoisotopic (exact) mass is 294 g/mol. The van der Waals surface area contributed by atoms with Crippen LogP contribution in [-0.4, -0.2) is 38.4 Å². The van der Waals surface area contributed by atoms with Crippen molar-refractivity contribution in [3.8, 4) is 11.6 Å². The summed E-state index contributed by atoms with van der Waals surface area (Å²) >= 11 is 0. The molecule has 1 unspecified atom stereocenters. The first-order valence-corrected chi connectivity index (χ1v) is 6.78. The lowest BCUT2D eigenvalue weighted by molar-refractivity contribution is -0.384. The van der Waals surface area contributed by atoms with Crippen LogP contribution in [0.4, 0.5) is 5.69 Å². The van der Waals surface area contributed by atoms with E-state index < -0.39 is 4.92 Å². The molecule has 2 aromatic rings. The average Bonchev–Trinajstić information content (AvgIpc) is 3.05. The van der Waals surface area contributed by atoms with Crippen molar-refractivity contribution in [2.75, 3.05) is 7.05 Å². The van der Waals surface area contributed by atoms with Gasteiger partial charge < -0.3 is 9.84 Å². The van der Waals surface area contributed by atoms with Crippen LogP contribution in [-0.2, 0) is 12.8 Å². The summed E-state index contributed by atoms with van der Waals surface area (Å²) in [5.74, 6) is 0.555. The summed E-state index contributed by atoms with van der Waals surface area (Å²) in [6.45, 7) is 3.92. The first-order valence-electron chi connectivity index (χ1n) is 6.78. The van der Waals surface area contributed by atoms with E-state index in [2.05, 4.69) is 25.7 Å². The van der Waals surface area contributed by atoms with E-state index in [1.54, 1.807) is 0 Å². The Bertz CT molecular complexity index is 620. The molecule has 0 aromatic carbocycles. The fraction of sp³-hybridized carbons (Fsp3) is 0.583. The third kappa shape index (κ3) is 3.24. The lowest BCUT2D eigenvalue weighted by Gasteiger charge is -2.04. The smallest absolute Gasteiger partial charge is 0.322 e. The van der Waals surface area contributed by atoms with Gasteiger partial charge in [-0.05, 0) is 20.4 Å². The van der Waals surface area contributed by atoms with E-state index in [0.717, 1.165) is 6.42 Å². The van der Waals surface area contributed by atoms with E-state index in [-0.39, 0.29) is 23.3 Å². The molecule has 9 heteroatoms. The molecular weight excluding hydrogens is 276 g/mol. The number of nitro groups is 1. The number of H-pyrrole nitrogens is 1. The van der Waals surface area contributed by atoms with Crippen molar-refractivity contribution in [3.63, 3.8) is 0 Å². The highest BCUT2D eigenvalue weighted by molar-refractivity contribution is 5.63. The van der Waals surface area contributed by atoms with Crippen LogP contribution in [0.5, 0.6) is 0 Å². The Hall–Kier alpha value is -2.29. The van der Waals surface area contributed by atoms with Crippen molar-refractivity contribution in [1.29, 1.82) is 0 Å². The molecule has 9 nitrogen and oxygen atoms in total. The predicted molar refractivity (Wildman–Crippen MR) is 74.8 cm³/mol. The summed E-state index contributed by atoms with van der Waals surface area (Å²) in [7, 11) is 1.83. The number of aromatic amines is 1. The van der Waals surface area contributed by atoms with E-state index >= 15 is 0 Å². The fourth-order valence-electron chi connectivity index (χ4n) is 1.95. The number of hydrogen-bond acceptors (Lipinski definition) is 7. The topological polar surface area (TPSA) is 123 Å². The van der Waals surface area contributed by atoms with E-state index in [4.69, 9.17) is 4.52 Å². The molecule has 0 fully saturated rings. The summed E-state index contributed by atoms with van der Waals surface area (Å²) in [5.41, 5.74) is 0.480. The van der Waals surface area contributed by atoms with Gasteiger partial charge in [-0.3, -0.25) is 15.2 Å². The molecule has 0 bridgehead atoms. The molecule has 0 spiro atoms.